The van der Waals surface area contributed by atoms with Crippen LogP contribution in [0.1, 0.15) is 10.7 Å². The maximum Gasteiger partial charge on any atom is 0.0947 e. The average molecular weight is 267 g/mol. The van der Waals surface area contributed by atoms with Gasteiger partial charge in [0.25, 0.3) is 0 Å². The van der Waals surface area contributed by atoms with E-state index >= 15 is 0 Å². The van der Waals surface area contributed by atoms with Crippen LogP contribution in [0.5, 0.6) is 0 Å². The van der Waals surface area contributed by atoms with Crippen molar-refractivity contribution in [1.82, 2.24) is 10.3 Å². The molecule has 0 saturated carbocycles. The molecule has 1 aromatic heterocycles. The highest BCUT2D eigenvalue weighted by Gasteiger charge is 2.09. The van der Waals surface area contributed by atoms with E-state index in [2.05, 4.69) is 23.3 Å². The van der Waals surface area contributed by atoms with Crippen LogP contribution in [0.3, 0.4) is 0 Å². The number of nitrogens with one attached hydrogen (secondary N) is 1. The van der Waals surface area contributed by atoms with Gasteiger partial charge in [-0.1, -0.05) is 23.7 Å². The molecule has 2 rings (SSSR count). The normalized spacial score (nSPS) is 10.8. The summed E-state index contributed by atoms with van der Waals surface area (Å²) in [5.41, 5.74) is 2.24. The van der Waals surface area contributed by atoms with Gasteiger partial charge in [-0.25, -0.2) is 4.98 Å². The van der Waals surface area contributed by atoms with Crippen molar-refractivity contribution in [2.24, 2.45) is 0 Å². The molecule has 1 aromatic carbocycles. The molecular formula is C13H15ClN2S. The summed E-state index contributed by atoms with van der Waals surface area (Å²) in [6.07, 6.45) is 0.975. The number of hydrogen-bond acceptors (Lipinski definition) is 3. The first-order valence-corrected chi connectivity index (χ1v) is 6.77. The van der Waals surface area contributed by atoms with Gasteiger partial charge in [0.2, 0.25) is 0 Å². The Morgan fingerprint density at radius 1 is 1.41 bits per heavy atom. The molecule has 0 fully saturated rings. The average Bonchev–Trinajstić information content (AvgIpc) is 2.68. The first kappa shape index (κ1) is 12.6. The van der Waals surface area contributed by atoms with Crippen LogP contribution in [0.15, 0.2) is 24.3 Å². The number of benzene rings is 1. The highest BCUT2D eigenvalue weighted by atomic mass is 35.5. The summed E-state index contributed by atoms with van der Waals surface area (Å²) in [4.78, 5) is 5.81. The lowest BCUT2D eigenvalue weighted by molar-refractivity contribution is 0.786. The highest BCUT2D eigenvalue weighted by Crippen LogP contribution is 2.31. The molecule has 0 amide bonds. The first-order chi connectivity index (χ1) is 8.20. The standard InChI is InChI=1S/C13H15ClN2S/c1-9-13(10-4-3-5-11(14)8-10)17-12(16-9)6-7-15-2/h3-5,8,15H,6-7H2,1-2H3. The fourth-order valence-corrected chi connectivity index (χ4v) is 2.94. The van der Waals surface area contributed by atoms with Crippen molar-refractivity contribution in [3.05, 3.63) is 40.0 Å². The Morgan fingerprint density at radius 3 is 2.94 bits per heavy atom. The predicted molar refractivity (Wildman–Crippen MR) is 74.9 cm³/mol. The van der Waals surface area contributed by atoms with Gasteiger partial charge >= 0.3 is 0 Å². The third-order valence-corrected chi connectivity index (χ3v) is 4.02. The van der Waals surface area contributed by atoms with E-state index in [1.807, 2.05) is 25.2 Å². The number of likely N-dealkylation sites (N-methyl/N-ethyl adjacent to an activating group) is 1. The van der Waals surface area contributed by atoms with Crippen molar-refractivity contribution < 1.29 is 0 Å². The summed E-state index contributed by atoms with van der Waals surface area (Å²) in [6.45, 7) is 3.01. The van der Waals surface area contributed by atoms with Crippen LogP contribution in [0.25, 0.3) is 10.4 Å². The van der Waals surface area contributed by atoms with E-state index in [0.29, 0.717) is 0 Å². The van der Waals surface area contributed by atoms with Crippen LogP contribution in [-0.4, -0.2) is 18.6 Å². The Labute approximate surface area is 111 Å². The van der Waals surface area contributed by atoms with Gasteiger partial charge in [0, 0.05) is 18.0 Å². The predicted octanol–water partition coefficient (Wildman–Crippen LogP) is 3.53. The van der Waals surface area contributed by atoms with E-state index in [1.165, 1.54) is 9.88 Å². The van der Waals surface area contributed by atoms with Crippen LogP contribution >= 0.6 is 22.9 Å². The maximum atomic E-state index is 6.01. The SMILES string of the molecule is CNCCc1nc(C)c(-c2cccc(Cl)c2)s1. The van der Waals surface area contributed by atoms with Gasteiger partial charge < -0.3 is 5.32 Å². The first-order valence-electron chi connectivity index (χ1n) is 5.57. The van der Waals surface area contributed by atoms with E-state index in [9.17, 15) is 0 Å². The maximum absolute atomic E-state index is 6.01. The Hall–Kier alpha value is -0.900. The molecule has 17 heavy (non-hydrogen) atoms. The van der Waals surface area contributed by atoms with E-state index in [-0.39, 0.29) is 0 Å². The molecule has 0 spiro atoms. The van der Waals surface area contributed by atoms with E-state index in [0.717, 1.165) is 29.2 Å². The number of rotatable bonds is 4. The molecule has 0 aliphatic carbocycles. The Kier molecular flexibility index (Phi) is 4.15. The molecule has 2 aromatic rings. The minimum atomic E-state index is 0.770. The molecule has 2 nitrogen and oxygen atoms in total. The van der Waals surface area contributed by atoms with Crippen molar-refractivity contribution in [1.29, 1.82) is 0 Å². The summed E-state index contributed by atoms with van der Waals surface area (Å²) < 4.78 is 0. The van der Waals surface area contributed by atoms with Gasteiger partial charge in [0.15, 0.2) is 0 Å². The largest absolute Gasteiger partial charge is 0.319 e. The lowest BCUT2D eigenvalue weighted by atomic mass is 10.2. The third kappa shape index (κ3) is 3.06. The lowest BCUT2D eigenvalue weighted by Gasteiger charge is -1.98. The smallest absolute Gasteiger partial charge is 0.0947 e. The van der Waals surface area contributed by atoms with Crippen molar-refractivity contribution in [3.8, 4) is 10.4 Å². The number of thiazole rings is 1. The second-order valence-electron chi connectivity index (χ2n) is 3.89. The van der Waals surface area contributed by atoms with Crippen LogP contribution in [0.2, 0.25) is 5.02 Å². The molecular weight excluding hydrogens is 252 g/mol. The molecule has 1 N–H and O–H groups in total. The number of halogens is 1. The zero-order valence-electron chi connectivity index (χ0n) is 9.96. The second-order valence-corrected chi connectivity index (χ2v) is 5.41. The lowest BCUT2D eigenvalue weighted by Crippen LogP contribution is -2.09. The number of nitrogens with zero attached hydrogens (tertiary/aromatic N) is 1. The van der Waals surface area contributed by atoms with Gasteiger partial charge in [0.05, 0.1) is 15.6 Å². The molecule has 0 aliphatic rings. The Bertz CT molecular complexity index is 508. The quantitative estimate of drug-likeness (QED) is 0.916. The zero-order chi connectivity index (χ0) is 12.3. The molecule has 0 atom stereocenters. The summed E-state index contributed by atoms with van der Waals surface area (Å²) in [5.74, 6) is 0. The Balaban J connectivity index is 2.29. The Morgan fingerprint density at radius 2 is 2.24 bits per heavy atom. The molecule has 0 saturated heterocycles. The molecule has 4 heteroatoms. The summed E-state index contributed by atoms with van der Waals surface area (Å²) in [5, 5.41) is 5.08. The number of aryl methyl sites for hydroxylation is 1. The van der Waals surface area contributed by atoms with Gasteiger partial charge in [0.1, 0.15) is 0 Å². The van der Waals surface area contributed by atoms with Crippen LogP contribution in [0, 0.1) is 6.92 Å². The highest BCUT2D eigenvalue weighted by molar-refractivity contribution is 7.15. The van der Waals surface area contributed by atoms with Gasteiger partial charge in [-0.2, -0.15) is 0 Å². The molecule has 1 heterocycles. The van der Waals surface area contributed by atoms with E-state index in [4.69, 9.17) is 11.6 Å². The van der Waals surface area contributed by atoms with Crippen LogP contribution < -0.4 is 5.32 Å². The number of aromatic nitrogens is 1. The van der Waals surface area contributed by atoms with Crippen molar-refractivity contribution in [3.63, 3.8) is 0 Å². The molecule has 0 aliphatic heterocycles. The van der Waals surface area contributed by atoms with E-state index in [1.54, 1.807) is 11.3 Å². The van der Waals surface area contributed by atoms with Crippen molar-refractivity contribution >= 4 is 22.9 Å². The van der Waals surface area contributed by atoms with Gasteiger partial charge in [-0.3, -0.25) is 0 Å². The fraction of sp³-hybridized carbons (Fsp3) is 0.308. The molecule has 0 radical (unpaired) electrons. The molecule has 0 bridgehead atoms. The molecule has 0 unspecified atom stereocenters. The van der Waals surface area contributed by atoms with Gasteiger partial charge in [-0.15, -0.1) is 11.3 Å². The second kappa shape index (κ2) is 5.63. The zero-order valence-corrected chi connectivity index (χ0v) is 11.5. The summed E-state index contributed by atoms with van der Waals surface area (Å²) in [7, 11) is 1.96. The van der Waals surface area contributed by atoms with Gasteiger partial charge in [-0.05, 0) is 31.7 Å². The van der Waals surface area contributed by atoms with Crippen molar-refractivity contribution in [2.75, 3.05) is 13.6 Å². The fourth-order valence-electron chi connectivity index (χ4n) is 1.69. The van der Waals surface area contributed by atoms with E-state index < -0.39 is 0 Å². The minimum Gasteiger partial charge on any atom is -0.319 e. The monoisotopic (exact) mass is 266 g/mol. The van der Waals surface area contributed by atoms with Crippen LogP contribution in [0.4, 0.5) is 0 Å². The van der Waals surface area contributed by atoms with Crippen molar-refractivity contribution in [2.45, 2.75) is 13.3 Å². The summed E-state index contributed by atoms with van der Waals surface area (Å²) in [6, 6.07) is 7.94. The summed E-state index contributed by atoms with van der Waals surface area (Å²) >= 11 is 7.76. The molecule has 90 valence electrons. The van der Waals surface area contributed by atoms with Crippen LogP contribution in [-0.2, 0) is 6.42 Å². The third-order valence-electron chi connectivity index (χ3n) is 2.52. The minimum absolute atomic E-state index is 0.770. The number of hydrogen-bond donors (Lipinski definition) is 1. The topological polar surface area (TPSA) is 24.9 Å².